The van der Waals surface area contributed by atoms with E-state index in [4.69, 9.17) is 10.5 Å². The van der Waals surface area contributed by atoms with Crippen LogP contribution in [0, 0.1) is 0 Å². The first-order valence-electron chi connectivity index (χ1n) is 6.70. The van der Waals surface area contributed by atoms with Crippen molar-refractivity contribution in [2.45, 2.75) is 13.0 Å². The molecule has 0 aliphatic rings. The number of ether oxygens (including phenoxy) is 1. The molecule has 1 aromatic carbocycles. The SMILES string of the molecule is NCCc1c[nH]c2nccc(OCc3ccccc3)c12. The predicted molar refractivity (Wildman–Crippen MR) is 79.6 cm³/mol. The Bertz CT molecular complexity index is 691. The Morgan fingerprint density at radius 2 is 2.00 bits per heavy atom. The number of pyridine rings is 1. The number of nitrogens with zero attached hydrogens (tertiary/aromatic N) is 1. The molecule has 2 heterocycles. The number of nitrogens with two attached hydrogens (primary N) is 1. The number of hydrogen-bond donors (Lipinski definition) is 2. The molecule has 4 heteroatoms. The molecule has 20 heavy (non-hydrogen) atoms. The van der Waals surface area contributed by atoms with Crippen LogP contribution in [0.1, 0.15) is 11.1 Å². The summed E-state index contributed by atoms with van der Waals surface area (Å²) in [7, 11) is 0. The monoisotopic (exact) mass is 267 g/mol. The first-order valence-corrected chi connectivity index (χ1v) is 6.70. The van der Waals surface area contributed by atoms with Gasteiger partial charge in [-0.1, -0.05) is 30.3 Å². The molecular formula is C16H17N3O. The highest BCUT2D eigenvalue weighted by molar-refractivity contribution is 5.86. The highest BCUT2D eigenvalue weighted by Crippen LogP contribution is 2.28. The average molecular weight is 267 g/mol. The van der Waals surface area contributed by atoms with E-state index >= 15 is 0 Å². The summed E-state index contributed by atoms with van der Waals surface area (Å²) in [4.78, 5) is 7.49. The van der Waals surface area contributed by atoms with Crippen molar-refractivity contribution in [1.29, 1.82) is 0 Å². The lowest BCUT2D eigenvalue weighted by molar-refractivity contribution is 0.309. The molecule has 0 fully saturated rings. The van der Waals surface area contributed by atoms with Crippen LogP contribution in [0.3, 0.4) is 0 Å². The minimum atomic E-state index is 0.549. The fraction of sp³-hybridized carbons (Fsp3) is 0.188. The predicted octanol–water partition coefficient (Wildman–Crippen LogP) is 2.64. The molecule has 0 unspecified atom stereocenters. The molecular weight excluding hydrogens is 250 g/mol. The quantitative estimate of drug-likeness (QED) is 0.747. The van der Waals surface area contributed by atoms with E-state index in [1.165, 1.54) is 0 Å². The van der Waals surface area contributed by atoms with E-state index < -0.39 is 0 Å². The second-order valence-electron chi connectivity index (χ2n) is 4.66. The van der Waals surface area contributed by atoms with Crippen LogP contribution >= 0.6 is 0 Å². The van der Waals surface area contributed by atoms with Crippen molar-refractivity contribution in [2.75, 3.05) is 6.54 Å². The largest absolute Gasteiger partial charge is 0.488 e. The minimum Gasteiger partial charge on any atom is -0.488 e. The molecule has 3 aromatic rings. The van der Waals surface area contributed by atoms with Gasteiger partial charge in [-0.05, 0) is 30.2 Å². The van der Waals surface area contributed by atoms with Crippen molar-refractivity contribution in [1.82, 2.24) is 9.97 Å². The lowest BCUT2D eigenvalue weighted by Crippen LogP contribution is -2.02. The van der Waals surface area contributed by atoms with Crippen LogP contribution in [0.25, 0.3) is 11.0 Å². The van der Waals surface area contributed by atoms with Gasteiger partial charge in [-0.2, -0.15) is 0 Å². The molecule has 0 bridgehead atoms. The van der Waals surface area contributed by atoms with E-state index in [9.17, 15) is 0 Å². The van der Waals surface area contributed by atoms with Crippen molar-refractivity contribution in [3.05, 3.63) is 59.9 Å². The highest BCUT2D eigenvalue weighted by Gasteiger charge is 2.10. The molecule has 0 spiro atoms. The fourth-order valence-electron chi connectivity index (χ4n) is 2.30. The Balaban J connectivity index is 1.89. The number of rotatable bonds is 5. The maximum atomic E-state index is 5.95. The third-order valence-corrected chi connectivity index (χ3v) is 3.27. The zero-order chi connectivity index (χ0) is 13.8. The third-order valence-electron chi connectivity index (χ3n) is 3.27. The van der Waals surface area contributed by atoms with Crippen molar-refractivity contribution in [3.63, 3.8) is 0 Å². The summed E-state index contributed by atoms with van der Waals surface area (Å²) in [6.07, 6.45) is 4.53. The molecule has 2 aromatic heterocycles. The van der Waals surface area contributed by atoms with E-state index in [1.54, 1.807) is 6.20 Å². The Hall–Kier alpha value is -2.33. The van der Waals surface area contributed by atoms with Crippen LogP contribution in [-0.2, 0) is 13.0 Å². The molecule has 0 atom stereocenters. The molecule has 3 rings (SSSR count). The Labute approximate surface area is 117 Å². The summed E-state index contributed by atoms with van der Waals surface area (Å²) in [5.74, 6) is 0.851. The van der Waals surface area contributed by atoms with Crippen LogP contribution in [0.4, 0.5) is 0 Å². The van der Waals surface area contributed by atoms with Gasteiger partial charge in [0, 0.05) is 12.4 Å². The van der Waals surface area contributed by atoms with E-state index in [0.717, 1.165) is 34.3 Å². The number of hydrogen-bond acceptors (Lipinski definition) is 3. The van der Waals surface area contributed by atoms with Crippen LogP contribution < -0.4 is 10.5 Å². The van der Waals surface area contributed by atoms with E-state index in [1.807, 2.05) is 30.5 Å². The van der Waals surface area contributed by atoms with Gasteiger partial charge < -0.3 is 15.5 Å². The van der Waals surface area contributed by atoms with Gasteiger partial charge in [0.15, 0.2) is 0 Å². The van der Waals surface area contributed by atoms with E-state index in [2.05, 4.69) is 22.1 Å². The van der Waals surface area contributed by atoms with Gasteiger partial charge in [-0.15, -0.1) is 0 Å². The molecule has 102 valence electrons. The standard InChI is InChI=1S/C16H17N3O/c17-8-6-13-10-19-16-15(13)14(7-9-18-16)20-11-12-4-2-1-3-5-12/h1-5,7,9-10H,6,8,11,17H2,(H,18,19). The van der Waals surface area contributed by atoms with Gasteiger partial charge in [0.2, 0.25) is 0 Å². The van der Waals surface area contributed by atoms with Crippen LogP contribution in [-0.4, -0.2) is 16.5 Å². The summed E-state index contributed by atoms with van der Waals surface area (Å²) in [5, 5.41) is 1.04. The van der Waals surface area contributed by atoms with Crippen molar-refractivity contribution in [2.24, 2.45) is 5.73 Å². The zero-order valence-electron chi connectivity index (χ0n) is 11.2. The van der Waals surface area contributed by atoms with Gasteiger partial charge in [0.1, 0.15) is 18.0 Å². The van der Waals surface area contributed by atoms with Gasteiger partial charge in [-0.3, -0.25) is 0 Å². The number of benzene rings is 1. The van der Waals surface area contributed by atoms with Gasteiger partial charge in [0.25, 0.3) is 0 Å². The van der Waals surface area contributed by atoms with E-state index in [0.29, 0.717) is 13.2 Å². The normalized spacial score (nSPS) is 10.8. The van der Waals surface area contributed by atoms with Gasteiger partial charge in [-0.25, -0.2) is 4.98 Å². The molecule has 0 aliphatic heterocycles. The van der Waals surface area contributed by atoms with Gasteiger partial charge >= 0.3 is 0 Å². The lowest BCUT2D eigenvalue weighted by atomic mass is 10.1. The maximum Gasteiger partial charge on any atom is 0.141 e. The fourth-order valence-corrected chi connectivity index (χ4v) is 2.30. The minimum absolute atomic E-state index is 0.549. The van der Waals surface area contributed by atoms with Crippen molar-refractivity contribution < 1.29 is 4.74 Å². The average Bonchev–Trinajstić information content (AvgIpc) is 2.91. The Kier molecular flexibility index (Phi) is 3.65. The number of aromatic amines is 1. The Morgan fingerprint density at radius 1 is 1.15 bits per heavy atom. The van der Waals surface area contributed by atoms with Gasteiger partial charge in [0.05, 0.1) is 5.39 Å². The first-order chi connectivity index (χ1) is 9.88. The zero-order valence-corrected chi connectivity index (χ0v) is 11.2. The molecule has 0 saturated heterocycles. The molecule has 3 N–H and O–H groups in total. The summed E-state index contributed by atoms with van der Waals surface area (Å²) < 4.78 is 5.95. The topological polar surface area (TPSA) is 63.9 Å². The summed E-state index contributed by atoms with van der Waals surface area (Å²) in [6.45, 7) is 1.16. The van der Waals surface area contributed by atoms with E-state index in [-0.39, 0.29) is 0 Å². The third kappa shape index (κ3) is 2.51. The smallest absolute Gasteiger partial charge is 0.141 e. The molecule has 4 nitrogen and oxygen atoms in total. The second kappa shape index (κ2) is 5.75. The highest BCUT2D eigenvalue weighted by atomic mass is 16.5. The first kappa shape index (κ1) is 12.7. The van der Waals surface area contributed by atoms with Crippen molar-refractivity contribution >= 4 is 11.0 Å². The number of fused-ring (bicyclic) bond motifs is 1. The summed E-state index contributed by atoms with van der Waals surface area (Å²) >= 11 is 0. The molecule has 0 radical (unpaired) electrons. The molecule has 0 amide bonds. The number of nitrogens with one attached hydrogen (secondary N) is 1. The molecule has 0 saturated carbocycles. The number of H-pyrrole nitrogens is 1. The maximum absolute atomic E-state index is 5.95. The van der Waals surface area contributed by atoms with Crippen LogP contribution in [0.2, 0.25) is 0 Å². The second-order valence-corrected chi connectivity index (χ2v) is 4.66. The van der Waals surface area contributed by atoms with Crippen molar-refractivity contribution in [3.8, 4) is 5.75 Å². The van der Waals surface area contributed by atoms with Crippen LogP contribution in [0.5, 0.6) is 5.75 Å². The molecule has 0 aliphatic carbocycles. The summed E-state index contributed by atoms with van der Waals surface area (Å²) in [6, 6.07) is 12.0. The van der Waals surface area contributed by atoms with Crippen LogP contribution in [0.15, 0.2) is 48.8 Å². The summed E-state index contributed by atoms with van der Waals surface area (Å²) in [5.41, 5.74) is 8.80. The Morgan fingerprint density at radius 3 is 2.80 bits per heavy atom. The number of aromatic nitrogens is 2. The lowest BCUT2D eigenvalue weighted by Gasteiger charge is -2.08.